The van der Waals surface area contributed by atoms with Crippen LogP contribution in [0.25, 0.3) is 0 Å². The second kappa shape index (κ2) is 8.86. The molecule has 24 heavy (non-hydrogen) atoms. The van der Waals surface area contributed by atoms with E-state index in [0.29, 0.717) is 18.7 Å². The van der Waals surface area contributed by atoms with Gasteiger partial charge in [-0.15, -0.1) is 10.2 Å². The summed E-state index contributed by atoms with van der Waals surface area (Å²) in [5, 5.41) is 11.0. The van der Waals surface area contributed by atoms with E-state index in [1.165, 1.54) is 0 Å². The standard InChI is InChI=1S/C18H24N4O2/c1-4-22(5-2)17-11-10-15(20-21-17)18(23)19-13-12-14-8-6-7-9-16(14)24-3/h6-11H,4-5,12-13H2,1-3H3,(H,19,23). The predicted octanol–water partition coefficient (Wildman–Crippen LogP) is 2.30. The number of amides is 1. The van der Waals surface area contributed by atoms with Crippen LogP contribution in [0.3, 0.4) is 0 Å². The fourth-order valence-corrected chi connectivity index (χ4v) is 2.47. The molecular formula is C18H24N4O2. The van der Waals surface area contributed by atoms with E-state index in [9.17, 15) is 4.79 Å². The summed E-state index contributed by atoms with van der Waals surface area (Å²) < 4.78 is 5.30. The molecule has 0 spiro atoms. The summed E-state index contributed by atoms with van der Waals surface area (Å²) in [4.78, 5) is 14.2. The van der Waals surface area contributed by atoms with Crippen molar-refractivity contribution in [1.82, 2.24) is 15.5 Å². The Kier molecular flexibility index (Phi) is 6.54. The van der Waals surface area contributed by atoms with Gasteiger partial charge in [-0.2, -0.15) is 0 Å². The minimum atomic E-state index is -0.219. The van der Waals surface area contributed by atoms with Crippen LogP contribution in [-0.2, 0) is 6.42 Å². The van der Waals surface area contributed by atoms with E-state index in [2.05, 4.69) is 34.3 Å². The number of ether oxygens (including phenoxy) is 1. The lowest BCUT2D eigenvalue weighted by molar-refractivity contribution is 0.0948. The summed E-state index contributed by atoms with van der Waals surface area (Å²) in [5.41, 5.74) is 1.38. The Morgan fingerprint density at radius 2 is 1.88 bits per heavy atom. The van der Waals surface area contributed by atoms with Crippen molar-refractivity contribution in [3.05, 3.63) is 47.7 Å². The molecule has 1 aromatic heterocycles. The van der Waals surface area contributed by atoms with E-state index in [0.717, 1.165) is 30.2 Å². The molecule has 1 N–H and O–H groups in total. The number of rotatable bonds is 8. The van der Waals surface area contributed by atoms with E-state index >= 15 is 0 Å². The van der Waals surface area contributed by atoms with Crippen LogP contribution in [0.15, 0.2) is 36.4 Å². The average molecular weight is 328 g/mol. The molecule has 0 aliphatic rings. The number of carbonyl (C=O) groups is 1. The number of para-hydroxylation sites is 1. The van der Waals surface area contributed by atoms with Crippen LogP contribution in [0.2, 0.25) is 0 Å². The van der Waals surface area contributed by atoms with Crippen LogP contribution < -0.4 is 15.0 Å². The number of hydrogen-bond acceptors (Lipinski definition) is 5. The summed E-state index contributed by atoms with van der Waals surface area (Å²) in [6, 6.07) is 11.3. The Morgan fingerprint density at radius 1 is 1.12 bits per heavy atom. The van der Waals surface area contributed by atoms with Crippen molar-refractivity contribution in [1.29, 1.82) is 0 Å². The Hall–Kier alpha value is -2.63. The zero-order chi connectivity index (χ0) is 17.4. The van der Waals surface area contributed by atoms with Crippen LogP contribution >= 0.6 is 0 Å². The number of nitrogens with zero attached hydrogens (tertiary/aromatic N) is 3. The number of aromatic nitrogens is 2. The molecule has 1 aromatic carbocycles. The Morgan fingerprint density at radius 3 is 2.50 bits per heavy atom. The van der Waals surface area contributed by atoms with Crippen LogP contribution in [0.5, 0.6) is 5.75 Å². The summed E-state index contributed by atoms with van der Waals surface area (Å²) >= 11 is 0. The average Bonchev–Trinajstić information content (AvgIpc) is 2.63. The highest BCUT2D eigenvalue weighted by atomic mass is 16.5. The Labute approximate surface area is 142 Å². The van der Waals surface area contributed by atoms with Crippen molar-refractivity contribution in [2.75, 3.05) is 31.6 Å². The minimum Gasteiger partial charge on any atom is -0.496 e. The van der Waals surface area contributed by atoms with Gasteiger partial charge in [0, 0.05) is 19.6 Å². The maximum absolute atomic E-state index is 12.2. The third-order valence-electron chi connectivity index (χ3n) is 3.84. The van der Waals surface area contributed by atoms with Crippen molar-refractivity contribution in [3.63, 3.8) is 0 Å². The lowest BCUT2D eigenvalue weighted by Gasteiger charge is -2.18. The van der Waals surface area contributed by atoms with E-state index < -0.39 is 0 Å². The number of anilines is 1. The van der Waals surface area contributed by atoms with Gasteiger partial charge in [0.2, 0.25) is 0 Å². The molecule has 1 amide bonds. The number of carbonyl (C=O) groups excluding carboxylic acids is 1. The second-order valence-corrected chi connectivity index (χ2v) is 5.27. The molecular weight excluding hydrogens is 304 g/mol. The molecule has 0 aliphatic heterocycles. The molecule has 0 aliphatic carbocycles. The molecule has 1 heterocycles. The van der Waals surface area contributed by atoms with E-state index in [-0.39, 0.29) is 5.91 Å². The molecule has 2 aromatic rings. The molecule has 0 saturated heterocycles. The van der Waals surface area contributed by atoms with Crippen molar-refractivity contribution < 1.29 is 9.53 Å². The molecule has 0 unspecified atom stereocenters. The number of benzene rings is 1. The van der Waals surface area contributed by atoms with E-state index in [1.807, 2.05) is 30.3 Å². The maximum Gasteiger partial charge on any atom is 0.271 e. The molecule has 128 valence electrons. The first-order valence-electron chi connectivity index (χ1n) is 8.18. The fourth-order valence-electron chi connectivity index (χ4n) is 2.47. The van der Waals surface area contributed by atoms with Gasteiger partial charge < -0.3 is 15.0 Å². The van der Waals surface area contributed by atoms with Crippen LogP contribution in [0.1, 0.15) is 29.9 Å². The Bertz CT molecular complexity index is 654. The fraction of sp³-hybridized carbons (Fsp3) is 0.389. The summed E-state index contributed by atoms with van der Waals surface area (Å²) in [5.74, 6) is 1.39. The van der Waals surface area contributed by atoms with Crippen molar-refractivity contribution >= 4 is 11.7 Å². The maximum atomic E-state index is 12.2. The zero-order valence-electron chi connectivity index (χ0n) is 14.5. The van der Waals surface area contributed by atoms with Gasteiger partial charge in [0.1, 0.15) is 5.75 Å². The normalized spacial score (nSPS) is 10.3. The molecule has 6 heteroatoms. The molecule has 2 rings (SSSR count). The first kappa shape index (κ1) is 17.7. The summed E-state index contributed by atoms with van der Waals surface area (Å²) in [6.07, 6.45) is 0.695. The van der Waals surface area contributed by atoms with Gasteiger partial charge in [-0.3, -0.25) is 4.79 Å². The quantitative estimate of drug-likeness (QED) is 0.805. The highest BCUT2D eigenvalue weighted by Crippen LogP contribution is 2.17. The zero-order valence-corrected chi connectivity index (χ0v) is 14.5. The monoisotopic (exact) mass is 328 g/mol. The predicted molar refractivity (Wildman–Crippen MR) is 94.6 cm³/mol. The van der Waals surface area contributed by atoms with Crippen LogP contribution in [-0.4, -0.2) is 42.8 Å². The van der Waals surface area contributed by atoms with Gasteiger partial charge in [0.05, 0.1) is 7.11 Å². The van der Waals surface area contributed by atoms with Crippen LogP contribution in [0, 0.1) is 0 Å². The van der Waals surface area contributed by atoms with Crippen molar-refractivity contribution in [3.8, 4) is 5.75 Å². The molecule has 0 atom stereocenters. The van der Waals surface area contributed by atoms with Crippen molar-refractivity contribution in [2.24, 2.45) is 0 Å². The Balaban J connectivity index is 1.90. The van der Waals surface area contributed by atoms with Gasteiger partial charge in [0.15, 0.2) is 11.5 Å². The first-order chi connectivity index (χ1) is 11.7. The first-order valence-corrected chi connectivity index (χ1v) is 8.18. The number of nitrogens with one attached hydrogen (secondary N) is 1. The lowest BCUT2D eigenvalue weighted by atomic mass is 10.1. The van der Waals surface area contributed by atoms with Gasteiger partial charge in [-0.05, 0) is 44.0 Å². The van der Waals surface area contributed by atoms with Crippen LogP contribution in [0.4, 0.5) is 5.82 Å². The lowest BCUT2D eigenvalue weighted by Crippen LogP contribution is -2.28. The third kappa shape index (κ3) is 4.44. The highest BCUT2D eigenvalue weighted by molar-refractivity contribution is 5.92. The van der Waals surface area contributed by atoms with E-state index in [4.69, 9.17) is 4.74 Å². The smallest absolute Gasteiger partial charge is 0.271 e. The number of hydrogen-bond donors (Lipinski definition) is 1. The van der Waals surface area contributed by atoms with Gasteiger partial charge in [0.25, 0.3) is 5.91 Å². The largest absolute Gasteiger partial charge is 0.496 e. The van der Waals surface area contributed by atoms with Crippen molar-refractivity contribution in [2.45, 2.75) is 20.3 Å². The number of methoxy groups -OCH3 is 1. The van der Waals surface area contributed by atoms with E-state index in [1.54, 1.807) is 13.2 Å². The van der Waals surface area contributed by atoms with Gasteiger partial charge in [-0.25, -0.2) is 0 Å². The molecule has 0 bridgehead atoms. The molecule has 0 saturated carbocycles. The summed E-state index contributed by atoms with van der Waals surface area (Å²) in [7, 11) is 1.64. The topological polar surface area (TPSA) is 67.4 Å². The third-order valence-corrected chi connectivity index (χ3v) is 3.84. The SMILES string of the molecule is CCN(CC)c1ccc(C(=O)NCCc2ccccc2OC)nn1. The van der Waals surface area contributed by atoms with Gasteiger partial charge >= 0.3 is 0 Å². The highest BCUT2D eigenvalue weighted by Gasteiger charge is 2.10. The molecule has 0 radical (unpaired) electrons. The minimum absolute atomic E-state index is 0.219. The second-order valence-electron chi connectivity index (χ2n) is 5.27. The molecule has 6 nitrogen and oxygen atoms in total. The molecule has 0 fully saturated rings. The van der Waals surface area contributed by atoms with Gasteiger partial charge in [-0.1, -0.05) is 18.2 Å². The summed E-state index contributed by atoms with van der Waals surface area (Å²) in [6.45, 7) is 6.34.